The highest BCUT2D eigenvalue weighted by atomic mass is 35.5. The quantitative estimate of drug-likeness (QED) is 0.504. The summed E-state index contributed by atoms with van der Waals surface area (Å²) in [6, 6.07) is 0. The third-order valence-electron chi connectivity index (χ3n) is 1.98. The maximum absolute atomic E-state index is 6.01. The Morgan fingerprint density at radius 3 is 3.08 bits per heavy atom. The largest absolute Gasteiger partial charge is 0.351 e. The Hall–Kier alpha value is 0.210. The van der Waals surface area contributed by atoms with Gasteiger partial charge in [0.15, 0.2) is 6.29 Å². The van der Waals surface area contributed by atoms with Crippen molar-refractivity contribution in [2.24, 2.45) is 0 Å². The molecule has 0 bridgehead atoms. The van der Waals surface area contributed by atoms with Crippen molar-refractivity contribution in [2.75, 3.05) is 13.2 Å². The molecule has 0 unspecified atom stereocenters. The zero-order chi connectivity index (χ0) is 8.81. The third kappa shape index (κ3) is 3.30. The van der Waals surface area contributed by atoms with Gasteiger partial charge in [-0.25, -0.2) is 0 Å². The number of unbranched alkanes of at least 4 members (excludes halogenated alkanes) is 1. The summed E-state index contributed by atoms with van der Waals surface area (Å²) in [7, 11) is 0. The van der Waals surface area contributed by atoms with E-state index in [0.717, 1.165) is 38.9 Å². The lowest BCUT2D eigenvalue weighted by Crippen LogP contribution is -2.32. The lowest BCUT2D eigenvalue weighted by molar-refractivity contribution is -0.159. The van der Waals surface area contributed by atoms with Gasteiger partial charge >= 0.3 is 0 Å². The van der Waals surface area contributed by atoms with Crippen molar-refractivity contribution in [3.05, 3.63) is 0 Å². The molecule has 1 fully saturated rings. The number of halogens is 1. The minimum atomic E-state index is -0.160. The van der Waals surface area contributed by atoms with Crippen molar-refractivity contribution in [3.8, 4) is 0 Å². The standard InChI is InChI=1S/C9H17ClO2/c1-2-3-6-11-9-8(10)5-4-7-12-9/h8-9H,2-7H2,1H3/t8-,9+/m0/s1. The van der Waals surface area contributed by atoms with E-state index in [1.54, 1.807) is 0 Å². The summed E-state index contributed by atoms with van der Waals surface area (Å²) in [5, 5.41) is 0.0515. The molecule has 1 saturated heterocycles. The molecule has 12 heavy (non-hydrogen) atoms. The molecule has 0 spiro atoms. The van der Waals surface area contributed by atoms with Crippen LogP contribution in [0.5, 0.6) is 0 Å². The summed E-state index contributed by atoms with van der Waals surface area (Å²) in [5.41, 5.74) is 0. The summed E-state index contributed by atoms with van der Waals surface area (Å²) < 4.78 is 10.9. The molecule has 0 aliphatic carbocycles. The zero-order valence-corrected chi connectivity index (χ0v) is 8.35. The van der Waals surface area contributed by atoms with Gasteiger partial charge in [0.25, 0.3) is 0 Å². The Labute approximate surface area is 79.2 Å². The van der Waals surface area contributed by atoms with Gasteiger partial charge in [0.1, 0.15) is 0 Å². The van der Waals surface area contributed by atoms with Gasteiger partial charge in [-0.2, -0.15) is 0 Å². The van der Waals surface area contributed by atoms with E-state index in [0.29, 0.717) is 0 Å². The Bertz CT molecular complexity index is 119. The monoisotopic (exact) mass is 192 g/mol. The lowest BCUT2D eigenvalue weighted by Gasteiger charge is -2.27. The highest BCUT2D eigenvalue weighted by Gasteiger charge is 2.23. The van der Waals surface area contributed by atoms with Crippen molar-refractivity contribution in [3.63, 3.8) is 0 Å². The fourth-order valence-electron chi connectivity index (χ4n) is 1.21. The molecule has 0 aromatic rings. The van der Waals surface area contributed by atoms with E-state index in [4.69, 9.17) is 21.1 Å². The van der Waals surface area contributed by atoms with Crippen LogP contribution in [-0.2, 0) is 9.47 Å². The van der Waals surface area contributed by atoms with Crippen LogP contribution in [0.4, 0.5) is 0 Å². The number of alkyl halides is 1. The first-order valence-electron chi connectivity index (χ1n) is 4.72. The number of rotatable bonds is 4. The molecular weight excluding hydrogens is 176 g/mol. The predicted molar refractivity (Wildman–Crippen MR) is 49.5 cm³/mol. The average Bonchev–Trinajstić information content (AvgIpc) is 2.09. The van der Waals surface area contributed by atoms with Crippen LogP contribution in [0.15, 0.2) is 0 Å². The Morgan fingerprint density at radius 1 is 1.58 bits per heavy atom. The second kappa shape index (κ2) is 5.79. The predicted octanol–water partition coefficient (Wildman–Crippen LogP) is 2.55. The molecule has 0 aromatic carbocycles. The van der Waals surface area contributed by atoms with E-state index in [2.05, 4.69) is 6.92 Å². The van der Waals surface area contributed by atoms with Crippen LogP contribution in [0, 0.1) is 0 Å². The van der Waals surface area contributed by atoms with Gasteiger partial charge in [-0.15, -0.1) is 11.6 Å². The van der Waals surface area contributed by atoms with Crippen LogP contribution >= 0.6 is 11.6 Å². The minimum absolute atomic E-state index is 0.0515. The van der Waals surface area contributed by atoms with Crippen LogP contribution in [0.3, 0.4) is 0 Å². The lowest BCUT2D eigenvalue weighted by atomic mass is 10.2. The van der Waals surface area contributed by atoms with Crippen LogP contribution in [-0.4, -0.2) is 24.9 Å². The second-order valence-electron chi connectivity index (χ2n) is 3.12. The zero-order valence-electron chi connectivity index (χ0n) is 7.59. The second-order valence-corrected chi connectivity index (χ2v) is 3.68. The molecule has 0 aromatic heterocycles. The van der Waals surface area contributed by atoms with E-state index in [1.807, 2.05) is 0 Å². The normalized spacial score (nSPS) is 30.5. The third-order valence-corrected chi connectivity index (χ3v) is 2.41. The first-order chi connectivity index (χ1) is 5.84. The summed E-state index contributed by atoms with van der Waals surface area (Å²) in [4.78, 5) is 0. The smallest absolute Gasteiger partial charge is 0.173 e. The van der Waals surface area contributed by atoms with E-state index in [9.17, 15) is 0 Å². The molecule has 3 heteroatoms. The van der Waals surface area contributed by atoms with Crippen LogP contribution < -0.4 is 0 Å². The number of hydrogen-bond acceptors (Lipinski definition) is 2. The fraction of sp³-hybridized carbons (Fsp3) is 1.00. The van der Waals surface area contributed by atoms with Crippen molar-refractivity contribution in [1.29, 1.82) is 0 Å². The maximum atomic E-state index is 6.01. The summed E-state index contributed by atoms with van der Waals surface area (Å²) in [6.45, 7) is 3.70. The molecule has 1 aliphatic rings. The topological polar surface area (TPSA) is 18.5 Å². The van der Waals surface area contributed by atoms with Crippen LogP contribution in [0.1, 0.15) is 32.6 Å². The van der Waals surface area contributed by atoms with Crippen molar-refractivity contribution >= 4 is 11.6 Å². The van der Waals surface area contributed by atoms with E-state index < -0.39 is 0 Å². The fourth-order valence-corrected chi connectivity index (χ4v) is 1.51. The molecule has 1 heterocycles. The Kier molecular flexibility index (Phi) is 4.96. The Balaban J connectivity index is 2.11. The molecular formula is C9H17ClO2. The van der Waals surface area contributed by atoms with Gasteiger partial charge in [-0.3, -0.25) is 0 Å². The SMILES string of the molecule is CCCCO[C@@H]1OCCC[C@@H]1Cl. The summed E-state index contributed by atoms with van der Waals surface area (Å²) >= 11 is 6.01. The van der Waals surface area contributed by atoms with Crippen LogP contribution in [0.25, 0.3) is 0 Å². The van der Waals surface area contributed by atoms with Gasteiger partial charge in [0.2, 0.25) is 0 Å². The van der Waals surface area contributed by atoms with E-state index >= 15 is 0 Å². The molecule has 0 radical (unpaired) electrons. The molecule has 2 atom stereocenters. The van der Waals surface area contributed by atoms with Gasteiger partial charge in [-0.05, 0) is 19.3 Å². The van der Waals surface area contributed by atoms with Gasteiger partial charge in [0, 0.05) is 13.2 Å². The maximum Gasteiger partial charge on any atom is 0.173 e. The average molecular weight is 193 g/mol. The molecule has 0 amide bonds. The van der Waals surface area contributed by atoms with E-state index in [-0.39, 0.29) is 11.7 Å². The highest BCUT2D eigenvalue weighted by molar-refractivity contribution is 6.20. The van der Waals surface area contributed by atoms with Crippen molar-refractivity contribution < 1.29 is 9.47 Å². The van der Waals surface area contributed by atoms with Gasteiger partial charge < -0.3 is 9.47 Å². The summed E-state index contributed by atoms with van der Waals surface area (Å²) in [5.74, 6) is 0. The molecule has 1 rings (SSSR count). The van der Waals surface area contributed by atoms with Crippen LogP contribution in [0.2, 0.25) is 0 Å². The van der Waals surface area contributed by atoms with Crippen molar-refractivity contribution in [1.82, 2.24) is 0 Å². The molecule has 2 nitrogen and oxygen atoms in total. The molecule has 0 saturated carbocycles. The highest BCUT2D eigenvalue weighted by Crippen LogP contribution is 2.20. The number of ether oxygens (including phenoxy) is 2. The van der Waals surface area contributed by atoms with Crippen molar-refractivity contribution in [2.45, 2.75) is 44.3 Å². The van der Waals surface area contributed by atoms with Gasteiger partial charge in [0.05, 0.1) is 5.38 Å². The van der Waals surface area contributed by atoms with E-state index in [1.165, 1.54) is 0 Å². The van der Waals surface area contributed by atoms with Gasteiger partial charge in [-0.1, -0.05) is 13.3 Å². The molecule has 72 valence electrons. The molecule has 0 N–H and O–H groups in total. The Morgan fingerprint density at radius 2 is 2.42 bits per heavy atom. The summed E-state index contributed by atoms with van der Waals surface area (Å²) in [6.07, 6.45) is 4.15. The minimum Gasteiger partial charge on any atom is -0.351 e. The number of hydrogen-bond donors (Lipinski definition) is 0. The first kappa shape index (κ1) is 10.3. The molecule has 1 aliphatic heterocycles. The first-order valence-corrected chi connectivity index (χ1v) is 5.15.